The van der Waals surface area contributed by atoms with Crippen LogP contribution in [0.5, 0.6) is 0 Å². The van der Waals surface area contributed by atoms with Crippen molar-refractivity contribution in [3.63, 3.8) is 0 Å². The molecule has 0 aliphatic carbocycles. The van der Waals surface area contributed by atoms with Gasteiger partial charge in [0.2, 0.25) is 0 Å². The summed E-state index contributed by atoms with van der Waals surface area (Å²) >= 11 is 1.05. The van der Waals surface area contributed by atoms with Gasteiger partial charge in [0.1, 0.15) is 0 Å². The van der Waals surface area contributed by atoms with E-state index in [0.29, 0.717) is 0 Å². The van der Waals surface area contributed by atoms with E-state index < -0.39 is 16.9 Å². The van der Waals surface area contributed by atoms with Gasteiger partial charge in [-0.3, -0.25) is 4.79 Å². The molecule has 4 nitrogen and oxygen atoms in total. The molecule has 0 amide bonds. The molecule has 1 fully saturated rings. The number of carboxylic acid groups (broad SMARTS) is 1. The van der Waals surface area contributed by atoms with Crippen LogP contribution in [0, 0.1) is 0 Å². The average molecular weight is 257 g/mol. The largest absolute Gasteiger partial charge is 0.478 e. The van der Waals surface area contributed by atoms with Gasteiger partial charge in [0, 0.05) is 6.42 Å². The Morgan fingerprint density at radius 1 is 1.75 bits per heavy atom. The normalized spacial score (nSPS) is 27.6. The summed E-state index contributed by atoms with van der Waals surface area (Å²) in [5, 5.41) is 8.68. The SMILES string of the molecule is Br.CSC1(C(=O)O)CCC(=O)O1. The van der Waals surface area contributed by atoms with Crippen LogP contribution in [0.4, 0.5) is 0 Å². The molecule has 1 rings (SSSR count). The molecule has 12 heavy (non-hydrogen) atoms. The van der Waals surface area contributed by atoms with Crippen LogP contribution >= 0.6 is 28.7 Å². The van der Waals surface area contributed by atoms with Crippen molar-refractivity contribution >= 4 is 40.7 Å². The molecule has 1 heterocycles. The van der Waals surface area contributed by atoms with Gasteiger partial charge in [-0.25, -0.2) is 4.79 Å². The lowest BCUT2D eigenvalue weighted by atomic mass is 10.2. The van der Waals surface area contributed by atoms with Gasteiger partial charge in [-0.15, -0.1) is 28.7 Å². The number of cyclic esters (lactones) is 1. The first kappa shape index (κ1) is 11.8. The van der Waals surface area contributed by atoms with Crippen LogP contribution < -0.4 is 0 Å². The topological polar surface area (TPSA) is 63.6 Å². The quantitative estimate of drug-likeness (QED) is 0.749. The van der Waals surface area contributed by atoms with Gasteiger partial charge in [0.25, 0.3) is 4.93 Å². The van der Waals surface area contributed by atoms with Crippen molar-refractivity contribution < 1.29 is 19.4 Å². The summed E-state index contributed by atoms with van der Waals surface area (Å²) in [6.07, 6.45) is 2.09. The molecule has 1 atom stereocenters. The van der Waals surface area contributed by atoms with Crippen molar-refractivity contribution in [1.29, 1.82) is 0 Å². The fourth-order valence-electron chi connectivity index (χ4n) is 0.934. The van der Waals surface area contributed by atoms with Crippen LogP contribution in [0.1, 0.15) is 12.8 Å². The Hall–Kier alpha value is -0.230. The van der Waals surface area contributed by atoms with Crippen LogP contribution in [0.3, 0.4) is 0 Å². The van der Waals surface area contributed by atoms with Crippen molar-refractivity contribution in [2.75, 3.05) is 6.26 Å². The smallest absolute Gasteiger partial charge is 0.359 e. The van der Waals surface area contributed by atoms with E-state index in [1.54, 1.807) is 6.26 Å². The van der Waals surface area contributed by atoms with Gasteiger partial charge >= 0.3 is 11.9 Å². The van der Waals surface area contributed by atoms with Crippen LogP contribution in [0.2, 0.25) is 0 Å². The Bertz CT molecular complexity index is 208. The summed E-state index contributed by atoms with van der Waals surface area (Å²) in [5.74, 6) is -1.50. The zero-order chi connectivity index (χ0) is 8.48. The van der Waals surface area contributed by atoms with E-state index in [1.165, 1.54) is 0 Å². The number of thioether (sulfide) groups is 1. The van der Waals surface area contributed by atoms with Gasteiger partial charge in [0.15, 0.2) is 0 Å². The number of carbonyl (C=O) groups is 2. The standard InChI is InChI=1S/C6H8O4S.BrH/c1-11-6(5(8)9)3-2-4(7)10-6;/h2-3H2,1H3,(H,8,9);1H. The number of rotatable bonds is 2. The van der Waals surface area contributed by atoms with Crippen LogP contribution in [0.25, 0.3) is 0 Å². The number of carbonyl (C=O) groups excluding carboxylic acids is 1. The molecule has 1 saturated heterocycles. The molecule has 0 saturated carbocycles. The first-order chi connectivity index (χ1) is 5.10. The molecule has 6 heteroatoms. The van der Waals surface area contributed by atoms with E-state index in [0.717, 1.165) is 11.8 Å². The number of hydrogen-bond acceptors (Lipinski definition) is 4. The summed E-state index contributed by atoms with van der Waals surface area (Å²) in [6, 6.07) is 0. The zero-order valence-electron chi connectivity index (χ0n) is 6.40. The van der Waals surface area contributed by atoms with E-state index in [4.69, 9.17) is 5.11 Å². The Morgan fingerprint density at radius 2 is 2.33 bits per heavy atom. The Balaban J connectivity index is 0.00000121. The van der Waals surface area contributed by atoms with Crippen LogP contribution in [0.15, 0.2) is 0 Å². The highest BCUT2D eigenvalue weighted by molar-refractivity contribution is 8.93. The third kappa shape index (κ3) is 1.92. The molecular formula is C6H9BrO4S. The summed E-state index contributed by atoms with van der Waals surface area (Å²) in [7, 11) is 0. The first-order valence-corrected chi connectivity index (χ1v) is 4.33. The van der Waals surface area contributed by atoms with Crippen molar-refractivity contribution in [1.82, 2.24) is 0 Å². The lowest BCUT2D eigenvalue weighted by Crippen LogP contribution is -2.34. The molecule has 1 aliphatic heterocycles. The van der Waals surface area contributed by atoms with E-state index in [2.05, 4.69) is 4.74 Å². The van der Waals surface area contributed by atoms with E-state index in [1.807, 2.05) is 0 Å². The van der Waals surface area contributed by atoms with Crippen molar-refractivity contribution in [3.8, 4) is 0 Å². The van der Waals surface area contributed by atoms with Crippen LogP contribution in [-0.2, 0) is 14.3 Å². The second kappa shape index (κ2) is 4.13. The van der Waals surface area contributed by atoms with E-state index in [-0.39, 0.29) is 29.8 Å². The number of aliphatic carboxylic acids is 1. The van der Waals surface area contributed by atoms with Gasteiger partial charge in [-0.05, 0) is 6.26 Å². The molecule has 70 valence electrons. The summed E-state index contributed by atoms with van der Waals surface area (Å²) in [5.41, 5.74) is 0. The van der Waals surface area contributed by atoms with Gasteiger partial charge in [-0.1, -0.05) is 0 Å². The van der Waals surface area contributed by atoms with E-state index in [9.17, 15) is 9.59 Å². The maximum absolute atomic E-state index is 10.6. The second-order valence-electron chi connectivity index (χ2n) is 2.24. The van der Waals surface area contributed by atoms with Gasteiger partial charge in [0.05, 0.1) is 6.42 Å². The predicted molar refractivity (Wildman–Crippen MR) is 49.5 cm³/mol. The summed E-state index contributed by atoms with van der Waals surface area (Å²) < 4.78 is 4.68. The fraction of sp³-hybridized carbons (Fsp3) is 0.667. The highest BCUT2D eigenvalue weighted by Gasteiger charge is 2.46. The molecule has 1 aliphatic rings. The van der Waals surface area contributed by atoms with Gasteiger partial charge < -0.3 is 9.84 Å². The Labute approximate surface area is 84.4 Å². The lowest BCUT2D eigenvalue weighted by molar-refractivity contribution is -0.160. The number of ether oxygens (including phenoxy) is 1. The third-order valence-corrected chi connectivity index (χ3v) is 2.71. The predicted octanol–water partition coefficient (Wildman–Crippen LogP) is 1.05. The minimum atomic E-state index is -1.31. The maximum Gasteiger partial charge on any atom is 0.359 e. The molecule has 0 spiro atoms. The average Bonchev–Trinajstić information content (AvgIpc) is 2.33. The van der Waals surface area contributed by atoms with Crippen molar-refractivity contribution in [3.05, 3.63) is 0 Å². The lowest BCUT2D eigenvalue weighted by Gasteiger charge is -2.18. The molecule has 0 aromatic carbocycles. The molecule has 0 aromatic rings. The highest BCUT2D eigenvalue weighted by atomic mass is 79.9. The first-order valence-electron chi connectivity index (χ1n) is 3.11. The molecule has 0 radical (unpaired) electrons. The molecule has 0 bridgehead atoms. The number of hydrogen-bond donors (Lipinski definition) is 1. The van der Waals surface area contributed by atoms with Crippen LogP contribution in [-0.4, -0.2) is 28.2 Å². The number of carboxylic acids is 1. The number of halogens is 1. The van der Waals surface area contributed by atoms with Gasteiger partial charge in [-0.2, -0.15) is 0 Å². The molecule has 0 aromatic heterocycles. The monoisotopic (exact) mass is 256 g/mol. The van der Waals surface area contributed by atoms with Crippen molar-refractivity contribution in [2.45, 2.75) is 17.8 Å². The second-order valence-corrected chi connectivity index (χ2v) is 3.30. The van der Waals surface area contributed by atoms with Crippen molar-refractivity contribution in [2.24, 2.45) is 0 Å². The molecule has 1 unspecified atom stereocenters. The fourth-order valence-corrected chi connectivity index (χ4v) is 1.59. The minimum Gasteiger partial charge on any atom is -0.478 e. The summed E-state index contributed by atoms with van der Waals surface area (Å²) in [4.78, 5) is 19.9. The molecule has 1 N–H and O–H groups in total. The Morgan fingerprint density at radius 3 is 2.50 bits per heavy atom. The Kier molecular flexibility index (Phi) is 4.05. The maximum atomic E-state index is 10.6. The molecular weight excluding hydrogens is 248 g/mol. The van der Waals surface area contributed by atoms with E-state index >= 15 is 0 Å². The zero-order valence-corrected chi connectivity index (χ0v) is 8.93. The number of esters is 1. The minimum absolute atomic E-state index is 0. The third-order valence-electron chi connectivity index (χ3n) is 1.59. The summed E-state index contributed by atoms with van der Waals surface area (Å²) in [6.45, 7) is 0. The highest BCUT2D eigenvalue weighted by Crippen LogP contribution is 2.35.